The van der Waals surface area contributed by atoms with Crippen LogP contribution in [0, 0.1) is 5.92 Å². The maximum atomic E-state index is 12.1. The third kappa shape index (κ3) is 5.35. The molecule has 0 bridgehead atoms. The summed E-state index contributed by atoms with van der Waals surface area (Å²) in [6.45, 7) is 4.27. The molecule has 5 nitrogen and oxygen atoms in total. The van der Waals surface area contributed by atoms with Crippen molar-refractivity contribution in [3.05, 3.63) is 64.4 Å². The fourth-order valence-electron chi connectivity index (χ4n) is 1.78. The molecule has 2 aromatic rings. The molecule has 0 aliphatic rings. The molecule has 0 saturated carbocycles. The molecule has 0 unspecified atom stereocenters. The van der Waals surface area contributed by atoms with Gasteiger partial charge in [0.1, 0.15) is 18.0 Å². The average molecular weight is 348 g/mol. The standard InChI is InChI=1S/C18H18ClNO4/c1-12(2)10-23-17(21)15-4-3-5-16(20-15)18(22)24-11-13-6-8-14(19)9-7-13/h3-9,12H,10-11H2,1-2H3. The van der Waals surface area contributed by atoms with Crippen molar-refractivity contribution < 1.29 is 19.1 Å². The van der Waals surface area contributed by atoms with Crippen molar-refractivity contribution in [1.29, 1.82) is 0 Å². The SMILES string of the molecule is CC(C)COC(=O)c1cccc(C(=O)OCc2ccc(Cl)cc2)n1. The van der Waals surface area contributed by atoms with Gasteiger partial charge in [0, 0.05) is 5.02 Å². The zero-order valence-electron chi connectivity index (χ0n) is 13.5. The van der Waals surface area contributed by atoms with E-state index in [-0.39, 0.29) is 23.9 Å². The summed E-state index contributed by atoms with van der Waals surface area (Å²) in [6.07, 6.45) is 0. The highest BCUT2D eigenvalue weighted by Crippen LogP contribution is 2.11. The molecule has 0 amide bonds. The highest BCUT2D eigenvalue weighted by molar-refractivity contribution is 6.30. The normalized spacial score (nSPS) is 10.5. The van der Waals surface area contributed by atoms with Crippen molar-refractivity contribution in [3.63, 3.8) is 0 Å². The third-order valence-corrected chi connectivity index (χ3v) is 3.25. The van der Waals surface area contributed by atoms with Crippen molar-refractivity contribution in [1.82, 2.24) is 4.98 Å². The molecule has 0 spiro atoms. The van der Waals surface area contributed by atoms with Crippen molar-refractivity contribution >= 4 is 23.5 Å². The number of ether oxygens (including phenoxy) is 2. The molecular formula is C18H18ClNO4. The molecule has 0 saturated heterocycles. The Morgan fingerprint density at radius 2 is 1.58 bits per heavy atom. The lowest BCUT2D eigenvalue weighted by Crippen LogP contribution is -2.14. The van der Waals surface area contributed by atoms with Gasteiger partial charge in [0.05, 0.1) is 6.61 Å². The molecule has 0 radical (unpaired) electrons. The van der Waals surface area contributed by atoms with Crippen LogP contribution in [0.2, 0.25) is 5.02 Å². The number of esters is 2. The number of nitrogens with zero attached hydrogens (tertiary/aromatic N) is 1. The number of halogens is 1. The van der Waals surface area contributed by atoms with Gasteiger partial charge in [-0.3, -0.25) is 0 Å². The van der Waals surface area contributed by atoms with E-state index in [1.807, 2.05) is 13.8 Å². The highest BCUT2D eigenvalue weighted by atomic mass is 35.5. The Morgan fingerprint density at radius 1 is 1.00 bits per heavy atom. The summed E-state index contributed by atoms with van der Waals surface area (Å²) in [6, 6.07) is 11.5. The number of hydrogen-bond donors (Lipinski definition) is 0. The van der Waals surface area contributed by atoms with Gasteiger partial charge in [-0.15, -0.1) is 0 Å². The number of pyridine rings is 1. The molecular weight excluding hydrogens is 330 g/mol. The fourth-order valence-corrected chi connectivity index (χ4v) is 1.91. The average Bonchev–Trinajstić information content (AvgIpc) is 2.59. The van der Waals surface area contributed by atoms with E-state index >= 15 is 0 Å². The Balaban J connectivity index is 1.98. The van der Waals surface area contributed by atoms with Crippen LogP contribution in [0.1, 0.15) is 40.4 Å². The van der Waals surface area contributed by atoms with Crippen LogP contribution < -0.4 is 0 Å². The predicted molar refractivity (Wildman–Crippen MR) is 89.9 cm³/mol. The lowest BCUT2D eigenvalue weighted by Gasteiger charge is -2.08. The van der Waals surface area contributed by atoms with E-state index in [1.54, 1.807) is 30.3 Å². The maximum Gasteiger partial charge on any atom is 0.357 e. The summed E-state index contributed by atoms with van der Waals surface area (Å²) in [5.74, 6) is -0.944. The van der Waals surface area contributed by atoms with E-state index < -0.39 is 11.9 Å². The zero-order valence-corrected chi connectivity index (χ0v) is 14.2. The molecule has 0 N–H and O–H groups in total. The van der Waals surface area contributed by atoms with Crippen molar-refractivity contribution in [3.8, 4) is 0 Å². The predicted octanol–water partition coefficient (Wildman–Crippen LogP) is 3.90. The highest BCUT2D eigenvalue weighted by Gasteiger charge is 2.15. The molecule has 24 heavy (non-hydrogen) atoms. The summed E-state index contributed by atoms with van der Waals surface area (Å²) in [7, 11) is 0. The lowest BCUT2D eigenvalue weighted by atomic mass is 10.2. The Kier molecular flexibility index (Phi) is 6.32. The van der Waals surface area contributed by atoms with Crippen molar-refractivity contribution in [2.75, 3.05) is 6.61 Å². The van der Waals surface area contributed by atoms with Crippen LogP contribution in [0.25, 0.3) is 0 Å². The van der Waals surface area contributed by atoms with Crippen LogP contribution in [0.15, 0.2) is 42.5 Å². The van der Waals surface area contributed by atoms with Gasteiger partial charge in [-0.25, -0.2) is 14.6 Å². The van der Waals surface area contributed by atoms with Crippen LogP contribution in [-0.2, 0) is 16.1 Å². The van der Waals surface area contributed by atoms with E-state index in [4.69, 9.17) is 21.1 Å². The summed E-state index contributed by atoms with van der Waals surface area (Å²) in [5, 5.41) is 0.611. The molecule has 2 rings (SSSR count). The molecule has 1 heterocycles. The van der Waals surface area contributed by atoms with Gasteiger partial charge >= 0.3 is 11.9 Å². The summed E-state index contributed by atoms with van der Waals surface area (Å²) in [4.78, 5) is 28.0. The maximum absolute atomic E-state index is 12.1. The van der Waals surface area contributed by atoms with E-state index in [9.17, 15) is 9.59 Å². The van der Waals surface area contributed by atoms with Gasteiger partial charge < -0.3 is 9.47 Å². The second-order valence-corrected chi connectivity index (χ2v) is 6.04. The first-order chi connectivity index (χ1) is 11.5. The van der Waals surface area contributed by atoms with Crippen LogP contribution in [-0.4, -0.2) is 23.5 Å². The first kappa shape index (κ1) is 17.9. The second kappa shape index (κ2) is 8.45. The number of hydrogen-bond acceptors (Lipinski definition) is 5. The summed E-state index contributed by atoms with van der Waals surface area (Å²) >= 11 is 5.80. The van der Waals surface area contributed by atoms with Gasteiger partial charge in [-0.05, 0) is 35.7 Å². The fraction of sp³-hybridized carbons (Fsp3) is 0.278. The molecule has 126 valence electrons. The number of benzene rings is 1. The quantitative estimate of drug-likeness (QED) is 0.741. The van der Waals surface area contributed by atoms with Crippen LogP contribution >= 0.6 is 11.6 Å². The minimum absolute atomic E-state index is 0.0583. The van der Waals surface area contributed by atoms with Crippen LogP contribution in [0.3, 0.4) is 0 Å². The molecule has 0 atom stereocenters. The molecule has 0 fully saturated rings. The summed E-state index contributed by atoms with van der Waals surface area (Å²) < 4.78 is 10.3. The topological polar surface area (TPSA) is 65.5 Å². The van der Waals surface area contributed by atoms with Gasteiger partial charge in [0.25, 0.3) is 0 Å². The molecule has 1 aromatic heterocycles. The number of aromatic nitrogens is 1. The van der Waals surface area contributed by atoms with Gasteiger partial charge in [-0.2, -0.15) is 0 Å². The summed E-state index contributed by atoms with van der Waals surface area (Å²) in [5.41, 5.74) is 0.944. The first-order valence-electron chi connectivity index (χ1n) is 7.51. The molecule has 6 heteroatoms. The number of rotatable bonds is 6. The Bertz CT molecular complexity index is 713. The Morgan fingerprint density at radius 3 is 2.17 bits per heavy atom. The molecule has 0 aliphatic heterocycles. The smallest absolute Gasteiger partial charge is 0.357 e. The zero-order chi connectivity index (χ0) is 17.5. The van der Waals surface area contributed by atoms with E-state index in [2.05, 4.69) is 4.98 Å². The first-order valence-corrected chi connectivity index (χ1v) is 7.89. The van der Waals surface area contributed by atoms with Gasteiger partial charge in [0.2, 0.25) is 0 Å². The van der Waals surface area contributed by atoms with Crippen molar-refractivity contribution in [2.45, 2.75) is 20.5 Å². The third-order valence-electron chi connectivity index (χ3n) is 3.00. The van der Waals surface area contributed by atoms with Gasteiger partial charge in [0.15, 0.2) is 0 Å². The number of carbonyl (C=O) groups is 2. The molecule has 1 aromatic carbocycles. The van der Waals surface area contributed by atoms with E-state index in [0.717, 1.165) is 5.56 Å². The van der Waals surface area contributed by atoms with Crippen molar-refractivity contribution in [2.24, 2.45) is 5.92 Å². The van der Waals surface area contributed by atoms with Crippen LogP contribution in [0.5, 0.6) is 0 Å². The lowest BCUT2D eigenvalue weighted by molar-refractivity contribution is 0.0447. The Labute approximate surface area is 145 Å². The minimum Gasteiger partial charge on any atom is -0.461 e. The largest absolute Gasteiger partial charge is 0.461 e. The number of carbonyl (C=O) groups excluding carboxylic acids is 2. The second-order valence-electron chi connectivity index (χ2n) is 5.60. The van der Waals surface area contributed by atoms with Gasteiger partial charge in [-0.1, -0.05) is 43.6 Å². The van der Waals surface area contributed by atoms with Crippen LogP contribution in [0.4, 0.5) is 0 Å². The monoisotopic (exact) mass is 347 g/mol. The minimum atomic E-state index is -0.608. The van der Waals surface area contributed by atoms with E-state index in [1.165, 1.54) is 12.1 Å². The van der Waals surface area contributed by atoms with E-state index in [0.29, 0.717) is 11.6 Å². The molecule has 0 aliphatic carbocycles. The Hall–Kier alpha value is -2.40.